The summed E-state index contributed by atoms with van der Waals surface area (Å²) >= 11 is 0. The average Bonchev–Trinajstić information content (AvgIpc) is 2.51. The second-order valence-corrected chi connectivity index (χ2v) is 4.96. The lowest BCUT2D eigenvalue weighted by atomic mass is 10.1. The number of hydrogen-bond donors (Lipinski definition) is 2. The first-order valence-electron chi connectivity index (χ1n) is 6.90. The zero-order valence-electron chi connectivity index (χ0n) is 13.2. The van der Waals surface area contributed by atoms with Crippen LogP contribution in [0.2, 0.25) is 0 Å². The van der Waals surface area contributed by atoms with Gasteiger partial charge in [-0.2, -0.15) is 0 Å². The van der Waals surface area contributed by atoms with E-state index in [9.17, 15) is 4.79 Å². The maximum atomic E-state index is 12.2. The van der Waals surface area contributed by atoms with Gasteiger partial charge in [0.2, 0.25) is 0 Å². The van der Waals surface area contributed by atoms with Gasteiger partial charge in [0.05, 0.1) is 19.9 Å². The molecule has 116 valence electrons. The van der Waals surface area contributed by atoms with Crippen LogP contribution < -0.4 is 20.1 Å². The summed E-state index contributed by atoms with van der Waals surface area (Å²) in [5, 5.41) is 5.62. The van der Waals surface area contributed by atoms with Gasteiger partial charge >= 0.3 is 6.03 Å². The maximum absolute atomic E-state index is 12.2. The third-order valence-corrected chi connectivity index (χ3v) is 3.30. The number of urea groups is 1. The zero-order chi connectivity index (χ0) is 16.1. The number of carbonyl (C=O) groups is 1. The molecule has 0 saturated heterocycles. The number of methoxy groups -OCH3 is 2. The third-order valence-electron chi connectivity index (χ3n) is 3.30. The van der Waals surface area contributed by atoms with Gasteiger partial charge in [-0.3, -0.25) is 0 Å². The molecule has 2 rings (SSSR count). The predicted octanol–water partition coefficient (Wildman–Crippen LogP) is 3.96. The number of hydrogen-bond acceptors (Lipinski definition) is 3. The van der Waals surface area contributed by atoms with Crippen molar-refractivity contribution < 1.29 is 14.3 Å². The van der Waals surface area contributed by atoms with Crippen molar-refractivity contribution >= 4 is 17.4 Å². The first-order chi connectivity index (χ1) is 10.5. The molecule has 0 aromatic heterocycles. The van der Waals surface area contributed by atoms with Gasteiger partial charge in [-0.1, -0.05) is 12.1 Å². The van der Waals surface area contributed by atoms with E-state index < -0.39 is 0 Å². The van der Waals surface area contributed by atoms with E-state index in [1.807, 2.05) is 32.0 Å². The minimum atomic E-state index is -0.322. The van der Waals surface area contributed by atoms with Crippen LogP contribution in [-0.4, -0.2) is 20.3 Å². The summed E-state index contributed by atoms with van der Waals surface area (Å²) in [7, 11) is 3.12. The minimum absolute atomic E-state index is 0.322. The molecule has 0 heterocycles. The van der Waals surface area contributed by atoms with Crippen LogP contribution in [-0.2, 0) is 0 Å². The topological polar surface area (TPSA) is 59.6 Å². The molecule has 2 N–H and O–H groups in total. The van der Waals surface area contributed by atoms with Crippen LogP contribution in [0.15, 0.2) is 36.4 Å². The van der Waals surface area contributed by atoms with Crippen LogP contribution in [0.4, 0.5) is 16.2 Å². The smallest absolute Gasteiger partial charge is 0.323 e. The standard InChI is InChI=1S/C17H20N2O3/c1-11-5-6-12(2)15(9-11)19-17(20)18-14-8-7-13(21-3)10-16(14)22-4/h5-10H,1-4H3,(H2,18,19,20). The molecular weight excluding hydrogens is 280 g/mol. The molecule has 5 nitrogen and oxygen atoms in total. The van der Waals surface area contributed by atoms with E-state index in [1.165, 1.54) is 0 Å². The zero-order valence-corrected chi connectivity index (χ0v) is 13.2. The van der Waals surface area contributed by atoms with E-state index in [1.54, 1.807) is 32.4 Å². The Morgan fingerprint density at radius 3 is 2.32 bits per heavy atom. The molecule has 22 heavy (non-hydrogen) atoms. The molecule has 2 aromatic carbocycles. The predicted molar refractivity (Wildman–Crippen MR) is 88.1 cm³/mol. The van der Waals surface area contributed by atoms with Gasteiger partial charge in [0, 0.05) is 11.8 Å². The molecule has 0 unspecified atom stereocenters. The van der Waals surface area contributed by atoms with Crippen LogP contribution in [0.1, 0.15) is 11.1 Å². The van der Waals surface area contributed by atoms with Gasteiger partial charge in [0.1, 0.15) is 11.5 Å². The summed E-state index contributed by atoms with van der Waals surface area (Å²) in [6, 6.07) is 10.8. The summed E-state index contributed by atoms with van der Waals surface area (Å²) in [4.78, 5) is 12.2. The van der Waals surface area contributed by atoms with E-state index in [0.29, 0.717) is 17.2 Å². The fourth-order valence-corrected chi connectivity index (χ4v) is 2.05. The number of anilines is 2. The highest BCUT2D eigenvalue weighted by Gasteiger charge is 2.10. The number of nitrogens with one attached hydrogen (secondary N) is 2. The van der Waals surface area contributed by atoms with Crippen LogP contribution in [0.3, 0.4) is 0 Å². The van der Waals surface area contributed by atoms with E-state index in [2.05, 4.69) is 10.6 Å². The van der Waals surface area contributed by atoms with Crippen molar-refractivity contribution in [1.82, 2.24) is 0 Å². The molecule has 2 amide bonds. The summed E-state index contributed by atoms with van der Waals surface area (Å²) in [6.45, 7) is 3.93. The Hall–Kier alpha value is -2.69. The van der Waals surface area contributed by atoms with Crippen LogP contribution in [0.25, 0.3) is 0 Å². The Morgan fingerprint density at radius 2 is 1.64 bits per heavy atom. The molecule has 0 aliphatic heterocycles. The van der Waals surface area contributed by atoms with Gasteiger partial charge in [0.15, 0.2) is 0 Å². The minimum Gasteiger partial charge on any atom is -0.497 e. The monoisotopic (exact) mass is 300 g/mol. The quantitative estimate of drug-likeness (QED) is 0.898. The third kappa shape index (κ3) is 3.69. The number of aryl methyl sites for hydroxylation is 2. The fourth-order valence-electron chi connectivity index (χ4n) is 2.05. The Bertz CT molecular complexity index is 684. The lowest BCUT2D eigenvalue weighted by molar-refractivity contribution is 0.262. The van der Waals surface area contributed by atoms with Crippen LogP contribution >= 0.6 is 0 Å². The first kappa shape index (κ1) is 15.7. The van der Waals surface area contributed by atoms with Crippen molar-refractivity contribution in [3.63, 3.8) is 0 Å². The average molecular weight is 300 g/mol. The van der Waals surface area contributed by atoms with Crippen molar-refractivity contribution in [3.8, 4) is 11.5 Å². The summed E-state index contributed by atoms with van der Waals surface area (Å²) in [5.41, 5.74) is 3.45. The lowest BCUT2D eigenvalue weighted by Crippen LogP contribution is -2.20. The molecule has 0 spiro atoms. The highest BCUT2D eigenvalue weighted by Crippen LogP contribution is 2.29. The number of amides is 2. The van der Waals surface area contributed by atoms with Crippen LogP contribution in [0.5, 0.6) is 11.5 Å². The molecule has 0 atom stereocenters. The van der Waals surface area contributed by atoms with Crippen molar-refractivity contribution in [2.75, 3.05) is 24.9 Å². The van der Waals surface area contributed by atoms with Gasteiger partial charge in [0.25, 0.3) is 0 Å². The van der Waals surface area contributed by atoms with Crippen molar-refractivity contribution in [1.29, 1.82) is 0 Å². The molecular formula is C17H20N2O3. The Morgan fingerprint density at radius 1 is 0.909 bits per heavy atom. The molecule has 0 aliphatic carbocycles. The number of carbonyl (C=O) groups excluding carboxylic acids is 1. The van der Waals surface area contributed by atoms with Gasteiger partial charge in [-0.15, -0.1) is 0 Å². The molecule has 0 radical (unpaired) electrons. The van der Waals surface area contributed by atoms with Crippen molar-refractivity contribution in [2.45, 2.75) is 13.8 Å². The lowest BCUT2D eigenvalue weighted by Gasteiger charge is -2.13. The molecule has 0 aliphatic rings. The summed E-state index contributed by atoms with van der Waals surface area (Å²) in [6.07, 6.45) is 0. The molecule has 5 heteroatoms. The highest BCUT2D eigenvalue weighted by molar-refractivity contribution is 6.01. The van der Waals surface area contributed by atoms with Crippen LogP contribution in [0, 0.1) is 13.8 Å². The van der Waals surface area contributed by atoms with Crippen molar-refractivity contribution in [2.24, 2.45) is 0 Å². The van der Waals surface area contributed by atoms with Gasteiger partial charge in [-0.05, 0) is 43.2 Å². The Labute approximate surface area is 130 Å². The van der Waals surface area contributed by atoms with E-state index in [4.69, 9.17) is 9.47 Å². The maximum Gasteiger partial charge on any atom is 0.323 e. The van der Waals surface area contributed by atoms with Gasteiger partial charge < -0.3 is 20.1 Å². The molecule has 0 bridgehead atoms. The van der Waals surface area contributed by atoms with E-state index in [0.717, 1.165) is 16.8 Å². The highest BCUT2D eigenvalue weighted by atomic mass is 16.5. The molecule has 0 saturated carbocycles. The van der Waals surface area contributed by atoms with E-state index in [-0.39, 0.29) is 6.03 Å². The molecule has 2 aromatic rings. The Kier molecular flexibility index (Phi) is 4.88. The SMILES string of the molecule is COc1ccc(NC(=O)Nc2cc(C)ccc2C)c(OC)c1. The second-order valence-electron chi connectivity index (χ2n) is 4.96. The number of ether oxygens (including phenoxy) is 2. The van der Waals surface area contributed by atoms with E-state index >= 15 is 0 Å². The summed E-state index contributed by atoms with van der Waals surface area (Å²) in [5.74, 6) is 1.20. The molecule has 0 fully saturated rings. The van der Waals surface area contributed by atoms with Gasteiger partial charge in [-0.25, -0.2) is 4.79 Å². The second kappa shape index (κ2) is 6.85. The number of benzene rings is 2. The summed E-state index contributed by atoms with van der Waals surface area (Å²) < 4.78 is 10.4. The Balaban J connectivity index is 2.13. The normalized spacial score (nSPS) is 10.0. The first-order valence-corrected chi connectivity index (χ1v) is 6.90. The van der Waals surface area contributed by atoms with Crippen molar-refractivity contribution in [3.05, 3.63) is 47.5 Å². The largest absolute Gasteiger partial charge is 0.497 e. The number of rotatable bonds is 4. The fraction of sp³-hybridized carbons (Fsp3) is 0.235.